The number of rotatable bonds is 2. The Hall–Kier alpha value is -1.57. The van der Waals surface area contributed by atoms with Gasteiger partial charge in [0.15, 0.2) is 11.0 Å². The predicted octanol–water partition coefficient (Wildman–Crippen LogP) is 4.29. The summed E-state index contributed by atoms with van der Waals surface area (Å²) in [6, 6.07) is 6.87. The average Bonchev–Trinajstić information content (AvgIpc) is 2.56. The van der Waals surface area contributed by atoms with Gasteiger partial charge in [0, 0.05) is 13.1 Å². The number of hydrogen-bond donors (Lipinski definition) is 1. The van der Waals surface area contributed by atoms with Crippen LogP contribution in [-0.4, -0.2) is 28.4 Å². The van der Waals surface area contributed by atoms with Gasteiger partial charge in [0.25, 0.3) is 0 Å². The van der Waals surface area contributed by atoms with Crippen LogP contribution in [0, 0.1) is 0 Å². The molecule has 0 amide bonds. The van der Waals surface area contributed by atoms with Crippen molar-refractivity contribution in [2.45, 2.75) is 24.6 Å². The molecule has 1 aromatic heterocycles. The number of nitrogens with zero attached hydrogens (tertiary/aromatic N) is 3. The number of alkyl halides is 3. The van der Waals surface area contributed by atoms with E-state index in [9.17, 15) is 18.3 Å². The number of halogens is 5. The Morgan fingerprint density at radius 3 is 2.28 bits per heavy atom. The van der Waals surface area contributed by atoms with Gasteiger partial charge in [0.05, 0.1) is 16.2 Å². The number of benzene rings is 1. The minimum absolute atomic E-state index is 0.214. The molecule has 2 heterocycles. The summed E-state index contributed by atoms with van der Waals surface area (Å²) in [7, 11) is 0. The highest BCUT2D eigenvalue weighted by Gasteiger charge is 2.38. The van der Waals surface area contributed by atoms with Crippen LogP contribution >= 0.6 is 23.2 Å². The molecule has 1 N–H and O–H groups in total. The fraction of sp³-hybridized carbons (Fsp3) is 0.375. The van der Waals surface area contributed by atoms with Crippen LogP contribution in [0.3, 0.4) is 0 Å². The number of hydrogen-bond acceptors (Lipinski definition) is 4. The van der Waals surface area contributed by atoms with Gasteiger partial charge in [-0.15, -0.1) is 10.2 Å². The molecular formula is C16H14Cl2F3N3O. The normalized spacial score (nSPS) is 17.6. The Morgan fingerprint density at radius 1 is 1.04 bits per heavy atom. The fourth-order valence-electron chi connectivity index (χ4n) is 2.90. The van der Waals surface area contributed by atoms with Gasteiger partial charge >= 0.3 is 6.18 Å². The molecule has 25 heavy (non-hydrogen) atoms. The molecule has 9 heteroatoms. The van der Waals surface area contributed by atoms with Gasteiger partial charge in [0.1, 0.15) is 0 Å². The predicted molar refractivity (Wildman–Crippen MR) is 88.8 cm³/mol. The van der Waals surface area contributed by atoms with Crippen molar-refractivity contribution in [2.24, 2.45) is 0 Å². The van der Waals surface area contributed by atoms with E-state index in [1.807, 2.05) is 4.90 Å². The van der Waals surface area contributed by atoms with Crippen molar-refractivity contribution in [1.29, 1.82) is 0 Å². The van der Waals surface area contributed by atoms with E-state index in [1.165, 1.54) is 12.1 Å². The zero-order valence-corrected chi connectivity index (χ0v) is 14.4. The topological polar surface area (TPSA) is 49.2 Å². The zero-order chi connectivity index (χ0) is 18.2. The Morgan fingerprint density at radius 2 is 1.72 bits per heavy atom. The van der Waals surface area contributed by atoms with E-state index in [-0.39, 0.29) is 28.6 Å². The molecule has 2 aromatic rings. The van der Waals surface area contributed by atoms with Crippen molar-refractivity contribution in [3.63, 3.8) is 0 Å². The Kier molecular flexibility index (Phi) is 4.83. The third-order valence-corrected chi connectivity index (χ3v) is 4.87. The van der Waals surface area contributed by atoms with Crippen LogP contribution in [0.1, 0.15) is 24.0 Å². The van der Waals surface area contributed by atoms with Gasteiger partial charge in [-0.05, 0) is 42.7 Å². The molecule has 0 spiro atoms. The average molecular weight is 392 g/mol. The van der Waals surface area contributed by atoms with Gasteiger partial charge in [0.2, 0.25) is 0 Å². The van der Waals surface area contributed by atoms with Crippen LogP contribution in [0.4, 0.5) is 19.0 Å². The van der Waals surface area contributed by atoms with Gasteiger partial charge in [-0.25, -0.2) is 0 Å². The van der Waals surface area contributed by atoms with E-state index >= 15 is 0 Å². The lowest BCUT2D eigenvalue weighted by molar-refractivity contribution is -0.137. The second kappa shape index (κ2) is 6.63. The third kappa shape index (κ3) is 3.83. The third-order valence-electron chi connectivity index (χ3n) is 4.34. The second-order valence-corrected chi connectivity index (χ2v) is 6.72. The van der Waals surface area contributed by atoms with E-state index in [0.717, 1.165) is 6.07 Å². The summed E-state index contributed by atoms with van der Waals surface area (Å²) in [5, 5.41) is 18.5. The van der Waals surface area contributed by atoms with Crippen LogP contribution < -0.4 is 4.90 Å². The van der Waals surface area contributed by atoms with Crippen molar-refractivity contribution in [1.82, 2.24) is 10.2 Å². The van der Waals surface area contributed by atoms with E-state index in [4.69, 9.17) is 23.2 Å². The first-order valence-electron chi connectivity index (χ1n) is 7.53. The molecule has 1 aliphatic rings. The molecule has 1 aliphatic heterocycles. The van der Waals surface area contributed by atoms with Gasteiger partial charge in [-0.2, -0.15) is 13.2 Å². The summed E-state index contributed by atoms with van der Waals surface area (Å²) in [5.41, 5.74) is -2.07. The monoisotopic (exact) mass is 391 g/mol. The standard InChI is InChI=1S/C16H14Cl2F3N3O/c17-12-2-1-10(9-11(12)16(19,20)21)15(25)5-7-24(8-6-15)14-4-3-13(18)22-23-14/h1-4,9,25H,5-8H2. The molecular weight excluding hydrogens is 378 g/mol. The molecule has 1 fully saturated rings. The maximum atomic E-state index is 13.0. The number of piperidine rings is 1. The molecule has 0 aliphatic carbocycles. The molecule has 0 saturated carbocycles. The van der Waals surface area contributed by atoms with E-state index < -0.39 is 17.3 Å². The van der Waals surface area contributed by atoms with Crippen LogP contribution in [0.2, 0.25) is 10.2 Å². The van der Waals surface area contributed by atoms with Crippen molar-refractivity contribution in [3.05, 3.63) is 51.6 Å². The summed E-state index contributed by atoms with van der Waals surface area (Å²) in [4.78, 5) is 1.90. The van der Waals surface area contributed by atoms with Crippen molar-refractivity contribution in [3.8, 4) is 0 Å². The molecule has 1 saturated heterocycles. The molecule has 0 unspecified atom stereocenters. The minimum atomic E-state index is -4.57. The van der Waals surface area contributed by atoms with Crippen LogP contribution in [0.25, 0.3) is 0 Å². The maximum absolute atomic E-state index is 13.0. The largest absolute Gasteiger partial charge is 0.417 e. The molecule has 134 valence electrons. The first-order chi connectivity index (χ1) is 11.7. The lowest BCUT2D eigenvalue weighted by Gasteiger charge is -2.39. The first-order valence-corrected chi connectivity index (χ1v) is 8.28. The molecule has 3 rings (SSSR count). The Balaban J connectivity index is 1.79. The SMILES string of the molecule is OC1(c2ccc(Cl)c(C(F)(F)F)c2)CCN(c2ccc(Cl)nn2)CC1. The quantitative estimate of drug-likeness (QED) is 0.829. The van der Waals surface area contributed by atoms with Crippen molar-refractivity contribution >= 4 is 29.0 Å². The molecule has 4 nitrogen and oxygen atoms in total. The number of aromatic nitrogens is 2. The zero-order valence-electron chi connectivity index (χ0n) is 12.9. The van der Waals surface area contributed by atoms with Crippen LogP contribution in [0.15, 0.2) is 30.3 Å². The van der Waals surface area contributed by atoms with E-state index in [2.05, 4.69) is 10.2 Å². The molecule has 0 radical (unpaired) electrons. The van der Waals surface area contributed by atoms with Crippen LogP contribution in [0.5, 0.6) is 0 Å². The molecule has 1 aromatic carbocycles. The van der Waals surface area contributed by atoms with Crippen LogP contribution in [-0.2, 0) is 11.8 Å². The highest BCUT2D eigenvalue weighted by atomic mass is 35.5. The second-order valence-electron chi connectivity index (χ2n) is 5.93. The summed E-state index contributed by atoms with van der Waals surface area (Å²) in [6.45, 7) is 0.855. The lowest BCUT2D eigenvalue weighted by Crippen LogP contribution is -2.43. The summed E-state index contributed by atoms with van der Waals surface area (Å²) < 4.78 is 39.1. The lowest BCUT2D eigenvalue weighted by atomic mass is 9.83. The van der Waals surface area contributed by atoms with Gasteiger partial charge in [-0.3, -0.25) is 0 Å². The summed E-state index contributed by atoms with van der Waals surface area (Å²) in [5.74, 6) is 0.610. The van der Waals surface area contributed by atoms with Gasteiger partial charge < -0.3 is 10.0 Å². The Labute approximate surface area is 152 Å². The van der Waals surface area contributed by atoms with E-state index in [0.29, 0.717) is 18.9 Å². The fourth-order valence-corrected chi connectivity index (χ4v) is 3.23. The summed E-state index contributed by atoms with van der Waals surface area (Å²) in [6.07, 6.45) is -4.05. The minimum Gasteiger partial charge on any atom is -0.385 e. The smallest absolute Gasteiger partial charge is 0.385 e. The van der Waals surface area contributed by atoms with Gasteiger partial charge in [-0.1, -0.05) is 29.3 Å². The number of anilines is 1. The van der Waals surface area contributed by atoms with E-state index in [1.54, 1.807) is 12.1 Å². The van der Waals surface area contributed by atoms with Crippen molar-refractivity contribution < 1.29 is 18.3 Å². The maximum Gasteiger partial charge on any atom is 0.417 e. The number of aliphatic hydroxyl groups is 1. The highest BCUT2D eigenvalue weighted by Crippen LogP contribution is 2.40. The Bertz CT molecular complexity index is 760. The first kappa shape index (κ1) is 18.2. The van der Waals surface area contributed by atoms with Crippen molar-refractivity contribution in [2.75, 3.05) is 18.0 Å². The molecule has 0 bridgehead atoms. The highest BCUT2D eigenvalue weighted by molar-refractivity contribution is 6.31. The summed E-state index contributed by atoms with van der Waals surface area (Å²) >= 11 is 11.4. The molecule has 0 atom stereocenters.